The Hall–Kier alpha value is -1.55. The fourth-order valence-electron chi connectivity index (χ4n) is 1.85. The van der Waals surface area contributed by atoms with Crippen LogP contribution in [0.25, 0.3) is 11.1 Å². The first-order valence-electron chi connectivity index (χ1n) is 5.56. The second-order valence-electron chi connectivity index (χ2n) is 3.85. The smallest absolute Gasteiger partial charge is 0.408 e. The summed E-state index contributed by atoms with van der Waals surface area (Å²) in [7, 11) is 0. The van der Waals surface area contributed by atoms with Crippen LogP contribution in [-0.4, -0.2) is 4.57 Å². The topological polar surface area (TPSA) is 61.2 Å². The molecule has 0 spiro atoms. The lowest BCUT2D eigenvalue weighted by Gasteiger charge is -2.08. The molecule has 1 atom stereocenters. The molecule has 0 radical (unpaired) electrons. The van der Waals surface area contributed by atoms with Crippen molar-refractivity contribution in [3.63, 3.8) is 0 Å². The van der Waals surface area contributed by atoms with E-state index in [2.05, 4.69) is 0 Å². The number of nitrogens with zero attached hydrogens (tertiary/aromatic N) is 1. The second-order valence-corrected chi connectivity index (χ2v) is 3.85. The Morgan fingerprint density at radius 3 is 2.81 bits per heavy atom. The number of fused-ring (bicyclic) bond motifs is 1. The minimum absolute atomic E-state index is 0.000298. The van der Waals surface area contributed by atoms with Gasteiger partial charge in [0.25, 0.3) is 0 Å². The number of nitrogens with two attached hydrogens (primary N) is 1. The number of benzene rings is 1. The average Bonchev–Trinajstić information content (AvgIpc) is 2.62. The van der Waals surface area contributed by atoms with Gasteiger partial charge in [0.1, 0.15) is 0 Å². The zero-order valence-corrected chi connectivity index (χ0v) is 9.56. The van der Waals surface area contributed by atoms with Crippen molar-refractivity contribution < 1.29 is 4.42 Å². The van der Waals surface area contributed by atoms with Crippen molar-refractivity contribution in [1.29, 1.82) is 0 Å². The van der Waals surface area contributed by atoms with Crippen molar-refractivity contribution >= 4 is 11.1 Å². The van der Waals surface area contributed by atoms with Crippen LogP contribution in [0.3, 0.4) is 0 Å². The molecule has 0 bridgehead atoms. The van der Waals surface area contributed by atoms with Crippen LogP contribution in [0.1, 0.15) is 31.9 Å². The molecule has 4 nitrogen and oxygen atoms in total. The molecule has 0 saturated heterocycles. The maximum absolute atomic E-state index is 11.5. The Morgan fingerprint density at radius 2 is 2.19 bits per heavy atom. The maximum atomic E-state index is 11.5. The lowest BCUT2D eigenvalue weighted by Crippen LogP contribution is -2.12. The largest absolute Gasteiger partial charge is 0.419 e. The zero-order chi connectivity index (χ0) is 11.7. The minimum Gasteiger partial charge on any atom is -0.408 e. The molecular formula is C12H16N2O2. The molecule has 1 aromatic heterocycles. The molecule has 1 aromatic carbocycles. The number of aromatic nitrogens is 1. The van der Waals surface area contributed by atoms with Gasteiger partial charge in [-0.1, -0.05) is 13.0 Å². The Kier molecular flexibility index (Phi) is 2.83. The number of hydrogen-bond acceptors (Lipinski definition) is 3. The van der Waals surface area contributed by atoms with Crippen LogP contribution >= 0.6 is 0 Å². The van der Waals surface area contributed by atoms with E-state index in [1.165, 1.54) is 0 Å². The summed E-state index contributed by atoms with van der Waals surface area (Å²) in [6.45, 7) is 4.56. The first-order valence-corrected chi connectivity index (χ1v) is 5.56. The lowest BCUT2D eigenvalue weighted by molar-refractivity contribution is 0.512. The molecule has 2 rings (SSSR count). The highest BCUT2D eigenvalue weighted by atomic mass is 16.4. The molecule has 0 aliphatic rings. The molecule has 4 heteroatoms. The van der Waals surface area contributed by atoms with Crippen molar-refractivity contribution in [3.8, 4) is 0 Å². The van der Waals surface area contributed by atoms with E-state index in [0.717, 1.165) is 17.5 Å². The summed E-state index contributed by atoms with van der Waals surface area (Å²) in [6, 6.07) is 5.71. The Morgan fingerprint density at radius 1 is 1.44 bits per heavy atom. The van der Waals surface area contributed by atoms with E-state index in [9.17, 15) is 4.79 Å². The fourth-order valence-corrected chi connectivity index (χ4v) is 1.85. The molecule has 0 aliphatic heterocycles. The molecule has 0 amide bonds. The number of rotatable bonds is 3. The SMILES string of the molecule is CCC(N)c1ccc2c(c1)oc(=O)n2CC. The highest BCUT2D eigenvalue weighted by Gasteiger charge is 2.10. The third-order valence-electron chi connectivity index (χ3n) is 2.88. The normalized spacial score (nSPS) is 13.2. The molecule has 1 heterocycles. The number of oxazole rings is 1. The summed E-state index contributed by atoms with van der Waals surface area (Å²) < 4.78 is 6.78. The molecule has 86 valence electrons. The van der Waals surface area contributed by atoms with Gasteiger partial charge < -0.3 is 10.2 Å². The van der Waals surface area contributed by atoms with Crippen LogP contribution in [0, 0.1) is 0 Å². The highest BCUT2D eigenvalue weighted by molar-refractivity contribution is 5.73. The molecule has 2 N–H and O–H groups in total. The monoisotopic (exact) mass is 220 g/mol. The van der Waals surface area contributed by atoms with Crippen molar-refractivity contribution in [3.05, 3.63) is 34.3 Å². The summed E-state index contributed by atoms with van der Waals surface area (Å²) in [6.07, 6.45) is 0.865. The Balaban J connectivity index is 2.60. The van der Waals surface area contributed by atoms with Crippen molar-refractivity contribution in [2.45, 2.75) is 32.9 Å². The Bertz CT molecular complexity index is 554. The van der Waals surface area contributed by atoms with Gasteiger partial charge in [-0.3, -0.25) is 4.57 Å². The lowest BCUT2D eigenvalue weighted by atomic mass is 10.1. The third kappa shape index (κ3) is 1.65. The van der Waals surface area contributed by atoms with E-state index >= 15 is 0 Å². The number of hydrogen-bond donors (Lipinski definition) is 1. The summed E-state index contributed by atoms with van der Waals surface area (Å²) in [5, 5.41) is 0. The van der Waals surface area contributed by atoms with E-state index in [0.29, 0.717) is 12.1 Å². The number of aryl methyl sites for hydroxylation is 1. The van der Waals surface area contributed by atoms with Gasteiger partial charge in [0, 0.05) is 12.6 Å². The molecular weight excluding hydrogens is 204 g/mol. The van der Waals surface area contributed by atoms with E-state index in [4.69, 9.17) is 10.2 Å². The fraction of sp³-hybridized carbons (Fsp3) is 0.417. The predicted octanol–water partition coefficient (Wildman–Crippen LogP) is 2.02. The quantitative estimate of drug-likeness (QED) is 0.860. The van der Waals surface area contributed by atoms with E-state index in [-0.39, 0.29) is 11.8 Å². The van der Waals surface area contributed by atoms with Gasteiger partial charge in [-0.25, -0.2) is 4.79 Å². The van der Waals surface area contributed by atoms with E-state index in [1.807, 2.05) is 32.0 Å². The zero-order valence-electron chi connectivity index (χ0n) is 9.56. The van der Waals surface area contributed by atoms with E-state index in [1.54, 1.807) is 4.57 Å². The van der Waals surface area contributed by atoms with E-state index < -0.39 is 0 Å². The molecule has 0 saturated carbocycles. The van der Waals surface area contributed by atoms with Crippen LogP contribution in [-0.2, 0) is 6.54 Å². The Labute approximate surface area is 93.7 Å². The molecule has 2 aromatic rings. The van der Waals surface area contributed by atoms with Crippen LogP contribution in [0.4, 0.5) is 0 Å². The minimum atomic E-state index is -0.306. The predicted molar refractivity (Wildman–Crippen MR) is 63.4 cm³/mol. The van der Waals surface area contributed by atoms with Gasteiger partial charge in [-0.2, -0.15) is 0 Å². The molecule has 16 heavy (non-hydrogen) atoms. The summed E-state index contributed by atoms with van der Waals surface area (Å²) in [5.74, 6) is -0.306. The summed E-state index contributed by atoms with van der Waals surface area (Å²) >= 11 is 0. The van der Waals surface area contributed by atoms with Crippen LogP contribution in [0.15, 0.2) is 27.4 Å². The van der Waals surface area contributed by atoms with Crippen LogP contribution in [0.5, 0.6) is 0 Å². The van der Waals surface area contributed by atoms with Gasteiger partial charge in [0.15, 0.2) is 5.58 Å². The standard InChI is InChI=1S/C12H16N2O2/c1-3-9(13)8-5-6-10-11(7-8)16-12(15)14(10)4-2/h5-7,9H,3-4,13H2,1-2H3. The summed E-state index contributed by atoms with van der Waals surface area (Å²) in [4.78, 5) is 11.5. The van der Waals surface area contributed by atoms with Crippen LogP contribution in [0.2, 0.25) is 0 Å². The third-order valence-corrected chi connectivity index (χ3v) is 2.88. The van der Waals surface area contributed by atoms with Crippen molar-refractivity contribution in [2.24, 2.45) is 5.73 Å². The first-order chi connectivity index (χ1) is 7.67. The molecule has 1 unspecified atom stereocenters. The van der Waals surface area contributed by atoms with Crippen LogP contribution < -0.4 is 11.5 Å². The highest BCUT2D eigenvalue weighted by Crippen LogP contribution is 2.20. The van der Waals surface area contributed by atoms with Crippen molar-refractivity contribution in [2.75, 3.05) is 0 Å². The maximum Gasteiger partial charge on any atom is 0.419 e. The van der Waals surface area contributed by atoms with Gasteiger partial charge >= 0.3 is 5.76 Å². The van der Waals surface area contributed by atoms with Gasteiger partial charge in [0.05, 0.1) is 5.52 Å². The van der Waals surface area contributed by atoms with Gasteiger partial charge in [-0.15, -0.1) is 0 Å². The first kappa shape index (κ1) is 11.0. The molecule has 0 fully saturated rings. The average molecular weight is 220 g/mol. The molecule has 0 aliphatic carbocycles. The summed E-state index contributed by atoms with van der Waals surface area (Å²) in [5.41, 5.74) is 8.39. The second kappa shape index (κ2) is 4.14. The van der Waals surface area contributed by atoms with Crippen molar-refractivity contribution in [1.82, 2.24) is 4.57 Å². The van der Waals surface area contributed by atoms with Gasteiger partial charge in [-0.05, 0) is 31.0 Å². The van der Waals surface area contributed by atoms with Gasteiger partial charge in [0.2, 0.25) is 0 Å².